The number of halogens is 1. The van der Waals surface area contributed by atoms with E-state index < -0.39 is 35.4 Å². The number of fused-ring (bicyclic) bond motifs is 2. The summed E-state index contributed by atoms with van der Waals surface area (Å²) in [5.41, 5.74) is 1.20. The average Bonchev–Trinajstić information content (AvgIpc) is 3.51. The third-order valence-corrected chi connectivity index (χ3v) is 7.96. The summed E-state index contributed by atoms with van der Waals surface area (Å²) in [5.74, 6) is -1.52. The van der Waals surface area contributed by atoms with Crippen molar-refractivity contribution in [2.45, 2.75) is 52.2 Å². The van der Waals surface area contributed by atoms with Gasteiger partial charge in [-0.1, -0.05) is 17.3 Å². The molecule has 5 aromatic rings. The number of ether oxygens (including phenoxy) is 2. The van der Waals surface area contributed by atoms with Gasteiger partial charge in [-0.05, 0) is 94.0 Å². The Hall–Kier alpha value is -5.72. The van der Waals surface area contributed by atoms with E-state index in [-0.39, 0.29) is 18.7 Å². The van der Waals surface area contributed by atoms with E-state index in [4.69, 9.17) is 9.47 Å². The van der Waals surface area contributed by atoms with Crippen molar-refractivity contribution in [2.24, 2.45) is 0 Å². The van der Waals surface area contributed by atoms with Crippen molar-refractivity contribution in [3.63, 3.8) is 0 Å². The maximum absolute atomic E-state index is 16.0. The van der Waals surface area contributed by atoms with Gasteiger partial charge in [0.05, 0.1) is 23.9 Å². The number of nitrogens with zero attached hydrogens (tertiary/aromatic N) is 7. The molecule has 13 heteroatoms. The Morgan fingerprint density at radius 2 is 1.90 bits per heavy atom. The molecule has 0 unspecified atom stereocenters. The van der Waals surface area contributed by atoms with E-state index in [1.807, 2.05) is 6.07 Å². The normalized spacial score (nSPS) is 15.1. The first kappa shape index (κ1) is 33.2. The minimum Gasteiger partial charge on any atom is -0.463 e. The number of amides is 2. The molecule has 0 bridgehead atoms. The summed E-state index contributed by atoms with van der Waals surface area (Å²) in [7, 11) is 0. The lowest BCUT2D eigenvalue weighted by Gasteiger charge is -2.39. The molecule has 1 atom stereocenters. The highest BCUT2D eigenvalue weighted by Crippen LogP contribution is 2.32. The highest BCUT2D eigenvalue weighted by molar-refractivity contribution is 6.10. The Bertz CT molecular complexity index is 2070. The van der Waals surface area contributed by atoms with Crippen molar-refractivity contribution in [1.82, 2.24) is 29.9 Å². The minimum absolute atomic E-state index is 0.162. The third kappa shape index (κ3) is 7.25. The van der Waals surface area contributed by atoms with Crippen molar-refractivity contribution >= 4 is 51.8 Å². The maximum Gasteiger partial charge on any atom is 0.410 e. The van der Waals surface area contributed by atoms with Crippen molar-refractivity contribution in [3.8, 4) is 5.69 Å². The first-order valence-electron chi connectivity index (χ1n) is 16.0. The van der Waals surface area contributed by atoms with Gasteiger partial charge >= 0.3 is 12.1 Å². The smallest absolute Gasteiger partial charge is 0.410 e. The lowest BCUT2D eigenvalue weighted by Crippen LogP contribution is -2.53. The quantitative estimate of drug-likeness (QED) is 0.149. The SMILES string of the molecule is CCOC(=O)/C=C/c1ccc2c(N(C(=O)c3ccc(-n4nnc5cccnc54)cc3F)[C@@H]3CCCN(C(=O)OC(C)(C)C)C3)nccc2c1. The number of anilines is 1. The van der Waals surface area contributed by atoms with Crippen LogP contribution < -0.4 is 4.90 Å². The summed E-state index contributed by atoms with van der Waals surface area (Å²) in [5, 5.41) is 9.59. The van der Waals surface area contributed by atoms with Gasteiger partial charge in [-0.15, -0.1) is 5.10 Å². The maximum atomic E-state index is 16.0. The molecule has 49 heavy (non-hydrogen) atoms. The number of benzene rings is 2. The van der Waals surface area contributed by atoms with Crippen LogP contribution in [0.15, 0.2) is 73.1 Å². The first-order chi connectivity index (χ1) is 23.5. The van der Waals surface area contributed by atoms with Crippen LogP contribution in [0.5, 0.6) is 0 Å². The van der Waals surface area contributed by atoms with E-state index in [2.05, 4.69) is 20.3 Å². The Morgan fingerprint density at radius 3 is 2.67 bits per heavy atom. The number of carbonyl (C=O) groups is 3. The van der Waals surface area contributed by atoms with Crippen LogP contribution in [0.3, 0.4) is 0 Å². The van der Waals surface area contributed by atoms with Gasteiger partial charge in [0.15, 0.2) is 5.65 Å². The molecule has 252 valence electrons. The molecule has 0 aliphatic carbocycles. The van der Waals surface area contributed by atoms with Crippen LogP contribution in [0.25, 0.3) is 33.7 Å². The number of rotatable bonds is 7. The van der Waals surface area contributed by atoms with Crippen LogP contribution in [-0.2, 0) is 14.3 Å². The molecule has 4 heterocycles. The fourth-order valence-electron chi connectivity index (χ4n) is 5.80. The van der Waals surface area contributed by atoms with Crippen molar-refractivity contribution in [1.29, 1.82) is 0 Å². The molecule has 0 saturated carbocycles. The monoisotopic (exact) mass is 665 g/mol. The van der Waals surface area contributed by atoms with E-state index in [9.17, 15) is 14.4 Å². The van der Waals surface area contributed by atoms with Crippen molar-refractivity contribution in [3.05, 3.63) is 90.0 Å². The van der Waals surface area contributed by atoms with Gasteiger partial charge in [0.2, 0.25) is 0 Å². The van der Waals surface area contributed by atoms with Crippen molar-refractivity contribution < 1.29 is 28.2 Å². The van der Waals surface area contributed by atoms with Crippen LogP contribution in [-0.4, -0.2) is 79.2 Å². The van der Waals surface area contributed by atoms with Crippen LogP contribution >= 0.6 is 0 Å². The number of pyridine rings is 2. The second kappa shape index (κ2) is 13.8. The second-order valence-electron chi connectivity index (χ2n) is 12.6. The number of carbonyl (C=O) groups excluding carboxylic acids is 3. The highest BCUT2D eigenvalue weighted by Gasteiger charge is 2.36. The number of piperidine rings is 1. The van der Waals surface area contributed by atoms with Crippen LogP contribution in [0.2, 0.25) is 0 Å². The largest absolute Gasteiger partial charge is 0.463 e. The number of hydrogen-bond acceptors (Lipinski definition) is 9. The van der Waals surface area contributed by atoms with Gasteiger partial charge in [-0.25, -0.2) is 23.9 Å². The number of aromatic nitrogens is 5. The topological polar surface area (TPSA) is 133 Å². The highest BCUT2D eigenvalue weighted by atomic mass is 19.1. The summed E-state index contributed by atoms with van der Waals surface area (Å²) in [6, 6.07) is 14.4. The molecule has 2 aromatic carbocycles. The predicted molar refractivity (Wildman–Crippen MR) is 182 cm³/mol. The lowest BCUT2D eigenvalue weighted by atomic mass is 10.0. The van der Waals surface area contributed by atoms with E-state index in [0.29, 0.717) is 47.4 Å². The van der Waals surface area contributed by atoms with E-state index in [1.165, 1.54) is 27.8 Å². The minimum atomic E-state index is -0.765. The van der Waals surface area contributed by atoms with Crippen molar-refractivity contribution in [2.75, 3.05) is 24.6 Å². The average molecular weight is 666 g/mol. The summed E-state index contributed by atoms with van der Waals surface area (Å²) in [4.78, 5) is 51.5. The molecule has 12 nitrogen and oxygen atoms in total. The zero-order chi connectivity index (χ0) is 34.7. The van der Waals surface area contributed by atoms with Crippen LogP contribution in [0.1, 0.15) is 56.5 Å². The van der Waals surface area contributed by atoms with E-state index in [0.717, 1.165) is 10.9 Å². The predicted octanol–water partition coefficient (Wildman–Crippen LogP) is 6.13. The molecule has 0 N–H and O–H groups in total. The molecule has 1 fully saturated rings. The number of esters is 1. The number of hydrogen-bond donors (Lipinski definition) is 0. The van der Waals surface area contributed by atoms with Crippen LogP contribution in [0.4, 0.5) is 15.0 Å². The van der Waals surface area contributed by atoms with E-state index in [1.54, 1.807) is 87.5 Å². The molecule has 0 spiro atoms. The molecule has 6 rings (SSSR count). The Balaban J connectivity index is 1.40. The van der Waals surface area contributed by atoms with Gasteiger partial charge in [0.1, 0.15) is 22.8 Å². The van der Waals surface area contributed by atoms with Gasteiger partial charge < -0.3 is 14.4 Å². The number of likely N-dealkylation sites (tertiary alicyclic amines) is 1. The fourth-order valence-corrected chi connectivity index (χ4v) is 5.80. The molecule has 1 aliphatic rings. The molecular formula is C36H36FN7O5. The lowest BCUT2D eigenvalue weighted by molar-refractivity contribution is -0.137. The zero-order valence-electron chi connectivity index (χ0n) is 27.7. The summed E-state index contributed by atoms with van der Waals surface area (Å²) in [6.07, 6.45) is 6.81. The first-order valence-corrected chi connectivity index (χ1v) is 16.0. The van der Waals surface area contributed by atoms with Gasteiger partial charge in [0.25, 0.3) is 5.91 Å². The molecule has 3 aromatic heterocycles. The fraction of sp³-hybridized carbons (Fsp3) is 0.306. The zero-order valence-corrected chi connectivity index (χ0v) is 27.7. The van der Waals surface area contributed by atoms with Gasteiger partial charge in [-0.2, -0.15) is 4.68 Å². The Morgan fingerprint density at radius 1 is 1.06 bits per heavy atom. The second-order valence-corrected chi connectivity index (χ2v) is 12.6. The molecule has 1 saturated heterocycles. The summed E-state index contributed by atoms with van der Waals surface area (Å²) >= 11 is 0. The van der Waals surface area contributed by atoms with Crippen LogP contribution in [0, 0.1) is 5.82 Å². The molecule has 0 radical (unpaired) electrons. The Kier molecular flexibility index (Phi) is 9.34. The summed E-state index contributed by atoms with van der Waals surface area (Å²) in [6.45, 7) is 8.00. The van der Waals surface area contributed by atoms with Gasteiger partial charge in [-0.3, -0.25) is 9.69 Å². The standard InChI is InChI=1S/C36H36FN7O5/c1-5-48-31(45)15-11-23-10-13-27-24(20-23)16-18-39-32(27)43(26-8-7-19-42(22-26)35(47)49-36(2,3)4)34(46)28-14-12-25(21-29(28)37)44-33-30(40-41-44)9-6-17-38-33/h6,9-18,20-21,26H,5,7-8,19,22H2,1-4H3/b15-11+/t26-/m1/s1. The molecular weight excluding hydrogens is 629 g/mol. The van der Waals surface area contributed by atoms with E-state index >= 15 is 4.39 Å². The Labute approximate surface area is 282 Å². The molecule has 2 amide bonds. The van der Waals surface area contributed by atoms with Gasteiger partial charge in [0, 0.05) is 43.0 Å². The summed E-state index contributed by atoms with van der Waals surface area (Å²) < 4.78 is 28.1. The third-order valence-electron chi connectivity index (χ3n) is 7.96. The molecule has 1 aliphatic heterocycles.